The second kappa shape index (κ2) is 6.84. The molecular weight excluding hydrogens is 434 g/mol. The molecule has 0 atom stereocenters. The summed E-state index contributed by atoms with van der Waals surface area (Å²) < 4.78 is 2.27. The number of carbonyl (C=O) groups is 1. The minimum Gasteiger partial charge on any atom is -0.288 e. The third-order valence-electron chi connectivity index (χ3n) is 1.74. The fraction of sp³-hybridized carbons (Fsp3) is 0. The Labute approximate surface area is 128 Å². The summed E-state index contributed by atoms with van der Waals surface area (Å²) in [6.45, 7) is 0. The van der Waals surface area contributed by atoms with Crippen LogP contribution in [0.5, 0.6) is 0 Å². The molecular formula is C9H6Br3N5O. The van der Waals surface area contributed by atoms with Gasteiger partial charge >= 0.3 is 0 Å². The van der Waals surface area contributed by atoms with Crippen LogP contribution >= 0.6 is 47.8 Å². The molecule has 1 rings (SSSR count). The Bertz CT molecular complexity index is 529. The minimum atomic E-state index is -0.769. The molecule has 0 aromatic heterocycles. The van der Waals surface area contributed by atoms with Crippen molar-refractivity contribution >= 4 is 65.1 Å². The molecule has 9 heteroatoms. The van der Waals surface area contributed by atoms with Crippen LogP contribution in [0, 0.1) is 11.3 Å². The summed E-state index contributed by atoms with van der Waals surface area (Å²) >= 11 is 9.97. The summed E-state index contributed by atoms with van der Waals surface area (Å²) in [5.41, 5.74) is 4.64. The van der Waals surface area contributed by atoms with E-state index in [1.807, 2.05) is 5.43 Å². The first-order valence-electron chi connectivity index (χ1n) is 4.39. The van der Waals surface area contributed by atoms with Gasteiger partial charge in [-0.05, 0) is 44.0 Å². The van der Waals surface area contributed by atoms with E-state index in [0.717, 1.165) is 4.47 Å². The maximum Gasteiger partial charge on any atom is 0.296 e. The summed E-state index contributed by atoms with van der Waals surface area (Å²) in [5, 5.41) is 12.4. The van der Waals surface area contributed by atoms with Gasteiger partial charge < -0.3 is 0 Å². The average molecular weight is 440 g/mol. The Morgan fingerprint density at radius 1 is 1.33 bits per heavy atom. The quantitative estimate of drug-likeness (QED) is 0.291. The van der Waals surface area contributed by atoms with Crippen LogP contribution < -0.4 is 16.7 Å². The lowest BCUT2D eigenvalue weighted by atomic mass is 10.3. The lowest BCUT2D eigenvalue weighted by Crippen LogP contribution is -2.36. The van der Waals surface area contributed by atoms with E-state index in [4.69, 9.17) is 11.1 Å². The molecule has 0 aliphatic heterocycles. The highest BCUT2D eigenvalue weighted by Gasteiger charge is 2.10. The lowest BCUT2D eigenvalue weighted by molar-refractivity contribution is -0.114. The molecule has 0 spiro atoms. The van der Waals surface area contributed by atoms with Crippen LogP contribution in [0.2, 0.25) is 0 Å². The number of nitrogens with zero attached hydrogens (tertiary/aromatic N) is 2. The van der Waals surface area contributed by atoms with Crippen LogP contribution in [-0.4, -0.2) is 11.6 Å². The number of amides is 1. The van der Waals surface area contributed by atoms with Gasteiger partial charge in [0.2, 0.25) is 5.71 Å². The fourth-order valence-corrected chi connectivity index (χ4v) is 3.39. The fourth-order valence-electron chi connectivity index (χ4n) is 0.956. The number of hydrazine groups is 1. The number of hydrogen-bond acceptors (Lipinski definition) is 5. The van der Waals surface area contributed by atoms with Crippen molar-refractivity contribution in [3.63, 3.8) is 0 Å². The Morgan fingerprint density at radius 3 is 2.33 bits per heavy atom. The second-order valence-electron chi connectivity index (χ2n) is 2.90. The van der Waals surface area contributed by atoms with Crippen molar-refractivity contribution < 1.29 is 4.79 Å². The largest absolute Gasteiger partial charge is 0.296 e. The van der Waals surface area contributed by atoms with Crippen molar-refractivity contribution in [3.05, 3.63) is 25.6 Å². The zero-order valence-electron chi connectivity index (χ0n) is 8.67. The molecule has 0 saturated carbocycles. The van der Waals surface area contributed by atoms with Crippen LogP contribution in [0.25, 0.3) is 0 Å². The Hall–Kier alpha value is -0.950. The highest BCUT2D eigenvalue weighted by molar-refractivity contribution is 9.11. The number of rotatable bonds is 3. The highest BCUT2D eigenvalue weighted by Crippen LogP contribution is 2.34. The van der Waals surface area contributed by atoms with Gasteiger partial charge in [-0.25, -0.2) is 5.84 Å². The molecule has 0 aliphatic carbocycles. The molecule has 0 radical (unpaired) electrons. The summed E-state index contributed by atoms with van der Waals surface area (Å²) in [6, 6.07) is 5.21. The van der Waals surface area contributed by atoms with Gasteiger partial charge in [0.25, 0.3) is 5.91 Å². The average Bonchev–Trinajstić information content (AvgIpc) is 2.31. The number of nitrogens with one attached hydrogen (secondary N) is 2. The molecule has 1 amide bonds. The number of nitrogens with two attached hydrogens (primary N) is 1. The molecule has 94 valence electrons. The topological polar surface area (TPSA) is 103 Å². The number of hydrogen-bond donors (Lipinski definition) is 3. The maximum absolute atomic E-state index is 11.1. The van der Waals surface area contributed by atoms with Gasteiger partial charge in [-0.2, -0.15) is 10.4 Å². The number of carbonyl (C=O) groups excluding carboxylic acids is 1. The van der Waals surface area contributed by atoms with E-state index in [-0.39, 0.29) is 5.71 Å². The van der Waals surface area contributed by atoms with Crippen LogP contribution in [0.4, 0.5) is 5.69 Å². The van der Waals surface area contributed by atoms with Gasteiger partial charge in [-0.3, -0.25) is 15.6 Å². The van der Waals surface area contributed by atoms with Gasteiger partial charge in [0.05, 0.1) is 5.69 Å². The third kappa shape index (κ3) is 3.78. The molecule has 0 unspecified atom stereocenters. The predicted molar refractivity (Wildman–Crippen MR) is 78.5 cm³/mol. The number of anilines is 1. The van der Waals surface area contributed by atoms with Crippen molar-refractivity contribution in [2.45, 2.75) is 0 Å². The van der Waals surface area contributed by atoms with Crippen LogP contribution in [-0.2, 0) is 4.79 Å². The predicted octanol–water partition coefficient (Wildman–Crippen LogP) is 2.26. The molecule has 18 heavy (non-hydrogen) atoms. The highest BCUT2D eigenvalue weighted by atomic mass is 79.9. The van der Waals surface area contributed by atoms with Gasteiger partial charge in [0.15, 0.2) is 0 Å². The van der Waals surface area contributed by atoms with Gasteiger partial charge in [-0.1, -0.05) is 15.9 Å². The van der Waals surface area contributed by atoms with Crippen molar-refractivity contribution in [2.75, 3.05) is 5.43 Å². The molecule has 0 fully saturated rings. The van der Waals surface area contributed by atoms with Gasteiger partial charge in [0.1, 0.15) is 6.07 Å². The van der Waals surface area contributed by atoms with E-state index in [0.29, 0.717) is 14.6 Å². The minimum absolute atomic E-state index is 0.376. The Kier molecular flexibility index (Phi) is 5.74. The van der Waals surface area contributed by atoms with Crippen LogP contribution in [0.1, 0.15) is 0 Å². The van der Waals surface area contributed by atoms with Crippen molar-refractivity contribution in [1.82, 2.24) is 5.43 Å². The summed E-state index contributed by atoms with van der Waals surface area (Å²) in [6.07, 6.45) is 0. The standard InChI is InChI=1S/C9H6Br3N5O/c10-4-1-5(11)8(6(12)2-4)17-16-7(3-13)9(18)15-14/h1-2,17H,14H2,(H,15,18)/b16-7+. The van der Waals surface area contributed by atoms with Crippen molar-refractivity contribution in [2.24, 2.45) is 10.9 Å². The maximum atomic E-state index is 11.1. The van der Waals surface area contributed by atoms with E-state index in [9.17, 15) is 4.79 Å². The van der Waals surface area contributed by atoms with E-state index in [2.05, 4.69) is 58.3 Å². The number of halogens is 3. The first kappa shape index (κ1) is 15.1. The van der Waals surface area contributed by atoms with Crippen LogP contribution in [0.3, 0.4) is 0 Å². The molecule has 0 aliphatic rings. The van der Waals surface area contributed by atoms with Crippen molar-refractivity contribution in [1.29, 1.82) is 5.26 Å². The Morgan fingerprint density at radius 2 is 1.89 bits per heavy atom. The third-order valence-corrected chi connectivity index (χ3v) is 3.45. The van der Waals surface area contributed by atoms with Crippen molar-refractivity contribution in [3.8, 4) is 6.07 Å². The summed E-state index contributed by atoms with van der Waals surface area (Å²) in [4.78, 5) is 11.1. The zero-order valence-corrected chi connectivity index (χ0v) is 13.4. The van der Waals surface area contributed by atoms with E-state index in [1.165, 1.54) is 0 Å². The van der Waals surface area contributed by atoms with Gasteiger partial charge in [-0.15, -0.1) is 0 Å². The second-order valence-corrected chi connectivity index (χ2v) is 5.53. The first-order valence-corrected chi connectivity index (χ1v) is 6.76. The molecule has 4 N–H and O–H groups in total. The summed E-state index contributed by atoms with van der Waals surface area (Å²) in [5.74, 6) is 4.14. The normalized spacial score (nSPS) is 10.7. The van der Waals surface area contributed by atoms with Crippen LogP contribution in [0.15, 0.2) is 30.7 Å². The lowest BCUT2D eigenvalue weighted by Gasteiger charge is -2.07. The monoisotopic (exact) mass is 437 g/mol. The molecule has 0 saturated heterocycles. The number of benzene rings is 1. The molecule has 0 bridgehead atoms. The molecule has 1 aromatic carbocycles. The molecule has 1 aromatic rings. The number of nitriles is 1. The SMILES string of the molecule is N#C/C(=N\Nc1c(Br)cc(Br)cc1Br)C(=O)NN. The van der Waals surface area contributed by atoms with E-state index < -0.39 is 5.91 Å². The smallest absolute Gasteiger partial charge is 0.288 e. The molecule has 6 nitrogen and oxygen atoms in total. The van der Waals surface area contributed by atoms with E-state index in [1.54, 1.807) is 18.2 Å². The molecule has 0 heterocycles. The first-order chi connectivity index (χ1) is 8.49. The van der Waals surface area contributed by atoms with E-state index >= 15 is 0 Å². The Balaban J connectivity index is 3.03. The zero-order chi connectivity index (χ0) is 13.7. The summed E-state index contributed by atoms with van der Waals surface area (Å²) in [7, 11) is 0. The number of hydrazone groups is 1. The van der Waals surface area contributed by atoms with Gasteiger partial charge in [0, 0.05) is 13.4 Å².